The van der Waals surface area contributed by atoms with E-state index in [1.54, 1.807) is 19.2 Å². The van der Waals surface area contributed by atoms with E-state index in [1.165, 1.54) is 30.8 Å². The third kappa shape index (κ3) is 12.8. The number of para-hydroxylation sites is 1. The first-order chi connectivity index (χ1) is 36.1. The van der Waals surface area contributed by atoms with Gasteiger partial charge in [-0.05, 0) is 64.1 Å². The van der Waals surface area contributed by atoms with Crippen LogP contribution in [0.2, 0.25) is 0 Å². The molecule has 24 nitrogen and oxygen atoms in total. The Kier molecular flexibility index (Phi) is 19.5. The second kappa shape index (κ2) is 25.5. The van der Waals surface area contributed by atoms with Gasteiger partial charge in [0.2, 0.25) is 23.2 Å². The molecule has 0 spiro atoms. The maximum absolute atomic E-state index is 12.1. The molecule has 4 aromatic carbocycles. The number of aromatic hydroxyl groups is 4. The summed E-state index contributed by atoms with van der Waals surface area (Å²) >= 11 is 0. The molecule has 0 fully saturated rings. The van der Waals surface area contributed by atoms with Crippen LogP contribution in [-0.4, -0.2) is 77.1 Å². The van der Waals surface area contributed by atoms with Crippen LogP contribution in [0.25, 0.3) is 0 Å². The predicted octanol–water partition coefficient (Wildman–Crippen LogP) is 8.61. The number of pyridine rings is 2. The van der Waals surface area contributed by atoms with E-state index in [0.29, 0.717) is 0 Å². The number of nitro benzene ring substituents is 2. The van der Waals surface area contributed by atoms with Gasteiger partial charge in [0.1, 0.15) is 65.2 Å². The van der Waals surface area contributed by atoms with Crippen LogP contribution in [0, 0.1) is 81.4 Å². The Morgan fingerprint density at radius 3 is 1.58 bits per heavy atom. The Labute approximate surface area is 449 Å². The van der Waals surface area contributed by atoms with Crippen LogP contribution in [0.1, 0.15) is 41.7 Å². The molecular formula is C52H46FeN13O11+. The summed E-state index contributed by atoms with van der Waals surface area (Å²) in [6.07, 6.45) is 12.3. The summed E-state index contributed by atoms with van der Waals surface area (Å²) in [5.74, 6) is 3.20. The molecule has 3 heterocycles. The van der Waals surface area contributed by atoms with Crippen molar-refractivity contribution in [2.75, 3.05) is 26.2 Å². The molecule has 2 aromatic heterocycles. The Morgan fingerprint density at radius 1 is 0.753 bits per heavy atom. The number of hydrogen-bond donors (Lipinski definition) is 4. The second-order valence-corrected chi connectivity index (χ2v) is 16.6. The fraction of sp³-hybridized carbons (Fsp3) is 0.192. The zero-order valence-corrected chi connectivity index (χ0v) is 43.1. The number of rotatable bonds is 12. The number of anilines is 1. The molecule has 7 rings (SSSR count). The van der Waals surface area contributed by atoms with Gasteiger partial charge in [0, 0.05) is 71.1 Å². The fourth-order valence-electron chi connectivity index (χ4n) is 7.44. The van der Waals surface area contributed by atoms with Crippen LogP contribution in [0.3, 0.4) is 0 Å². The standard InChI is InChI=1S/C20H24N3O.2C16H11N5O5.Fe/c1-20(2)17-8-6-7-9-18(17)22(3)19(20)14-21-23(4)15-10-12-16(24-5)13-11-15;2*1-3-6-20-15(23)11(8-17)9(2)14(16(20)24)19-18-12-7-10(21(25)26)4-5-13(12)22;/h6-14H,1-5H3;2*1,4-5,7,22,24H,6H2,2H3;/q+1;;;. The average molecular weight is 1080 g/mol. The van der Waals surface area contributed by atoms with Gasteiger partial charge in [-0.2, -0.15) is 20.2 Å². The van der Waals surface area contributed by atoms with E-state index in [2.05, 4.69) is 87.1 Å². The Hall–Kier alpha value is -10.5. The number of phenolic OH excluding ortho intramolecular Hbond substituents is 2. The number of benzene rings is 4. The molecular weight excluding hydrogens is 1040 g/mol. The molecule has 4 N–H and O–H groups in total. The van der Waals surface area contributed by atoms with E-state index in [1.807, 2.05) is 42.5 Å². The first-order valence-corrected chi connectivity index (χ1v) is 22.1. The van der Waals surface area contributed by atoms with E-state index >= 15 is 0 Å². The summed E-state index contributed by atoms with van der Waals surface area (Å²) in [5.41, 5.74) is 1.15. The molecule has 1 aliphatic heterocycles. The molecule has 0 bridgehead atoms. The number of aromatic nitrogens is 2. The molecule has 0 amide bonds. The summed E-state index contributed by atoms with van der Waals surface area (Å²) in [6.45, 7) is 6.63. The molecule has 0 saturated carbocycles. The Balaban J connectivity index is 0.000000248. The summed E-state index contributed by atoms with van der Waals surface area (Å²) in [4.78, 5) is 44.5. The van der Waals surface area contributed by atoms with Crippen molar-refractivity contribution in [2.24, 2.45) is 25.6 Å². The van der Waals surface area contributed by atoms with E-state index in [-0.39, 0.29) is 103 Å². The van der Waals surface area contributed by atoms with Crippen molar-refractivity contribution >= 4 is 57.4 Å². The molecule has 25 heteroatoms. The van der Waals surface area contributed by atoms with Crippen LogP contribution in [0.4, 0.5) is 45.5 Å². The number of non-ortho nitro benzene ring substituents is 2. The van der Waals surface area contributed by atoms with Crippen molar-refractivity contribution in [1.82, 2.24) is 9.13 Å². The molecule has 1 aliphatic rings. The van der Waals surface area contributed by atoms with Crippen molar-refractivity contribution in [3.8, 4) is 65.8 Å². The molecule has 0 aliphatic carbocycles. The van der Waals surface area contributed by atoms with Gasteiger partial charge < -0.3 is 25.2 Å². The summed E-state index contributed by atoms with van der Waals surface area (Å²) in [5, 5.41) is 101. The molecule has 0 radical (unpaired) electrons. The quantitative estimate of drug-likeness (QED) is 0.0170. The van der Waals surface area contributed by atoms with Crippen LogP contribution in [-0.2, 0) is 35.6 Å². The SMILES string of the molecule is C#CCn1c(O)c(N=Nc2cc([N+](=O)[O-])ccc2O)c(C)c(C#N)c1=O.C#CCn1c(O)c(N=Nc2cc([N+](=O)[O-])ccc2O)c(C)c(C#N)c1=O.COc1ccc(N(C)/N=C/C2=[N+](C)c3ccccc3C2(C)C)cc1.[Fe]. The Morgan fingerprint density at radius 2 is 1.19 bits per heavy atom. The second-order valence-electron chi connectivity index (χ2n) is 16.6. The zero-order chi connectivity index (χ0) is 56.2. The number of nitriles is 2. The molecule has 0 unspecified atom stereocenters. The Bertz CT molecular complexity index is 3550. The minimum Gasteiger partial charge on any atom is -0.506 e. The molecule has 6 aromatic rings. The summed E-state index contributed by atoms with van der Waals surface area (Å²) in [7, 11) is 5.72. The number of ether oxygens (including phenoxy) is 1. The number of azo groups is 2. The number of terminal acetylenes is 2. The minimum atomic E-state index is -0.780. The number of phenols is 2. The largest absolute Gasteiger partial charge is 0.506 e. The monoisotopic (exact) mass is 1080 g/mol. The third-order valence-electron chi connectivity index (χ3n) is 11.6. The van der Waals surface area contributed by atoms with Crippen LogP contribution in [0.15, 0.2) is 120 Å². The molecule has 392 valence electrons. The average Bonchev–Trinajstić information content (AvgIpc) is 3.59. The normalized spacial score (nSPS) is 11.9. The zero-order valence-electron chi connectivity index (χ0n) is 42.0. The van der Waals surface area contributed by atoms with Gasteiger partial charge in [-0.15, -0.1) is 33.3 Å². The summed E-state index contributed by atoms with van der Waals surface area (Å²) in [6, 6.07) is 26.1. The predicted molar refractivity (Wildman–Crippen MR) is 279 cm³/mol. The number of methoxy groups -OCH3 is 1. The maximum atomic E-state index is 12.1. The molecule has 77 heavy (non-hydrogen) atoms. The summed E-state index contributed by atoms with van der Waals surface area (Å²) < 4.78 is 8.96. The van der Waals surface area contributed by atoms with Crippen molar-refractivity contribution in [3.63, 3.8) is 0 Å². The van der Waals surface area contributed by atoms with Gasteiger partial charge in [-0.25, -0.2) is 0 Å². The smallest absolute Gasteiger partial charge is 0.272 e. The van der Waals surface area contributed by atoms with Crippen molar-refractivity contribution in [1.29, 1.82) is 10.5 Å². The van der Waals surface area contributed by atoms with Crippen LogP contribution >= 0.6 is 0 Å². The number of hydrazone groups is 1. The minimum absolute atomic E-state index is 0. The first kappa shape index (κ1) is 59.1. The maximum Gasteiger partial charge on any atom is 0.272 e. The van der Waals surface area contributed by atoms with Crippen LogP contribution in [0.5, 0.6) is 29.0 Å². The fourth-order valence-corrected chi connectivity index (χ4v) is 7.44. The number of hydrogen-bond acceptors (Lipinski definition) is 19. The first-order valence-electron chi connectivity index (χ1n) is 22.1. The van der Waals surface area contributed by atoms with Gasteiger partial charge in [-0.1, -0.05) is 30.0 Å². The van der Waals surface area contributed by atoms with E-state index in [9.17, 15) is 50.2 Å². The van der Waals surface area contributed by atoms with E-state index in [4.69, 9.17) is 28.1 Å². The third-order valence-corrected chi connectivity index (χ3v) is 11.6. The van der Waals surface area contributed by atoms with Gasteiger partial charge in [0.15, 0.2) is 11.4 Å². The van der Waals surface area contributed by atoms with Gasteiger partial charge in [0.25, 0.3) is 22.5 Å². The van der Waals surface area contributed by atoms with Gasteiger partial charge in [-0.3, -0.25) is 44.0 Å². The van der Waals surface area contributed by atoms with Gasteiger partial charge in [0.05, 0.1) is 41.1 Å². The van der Waals surface area contributed by atoms with Gasteiger partial charge >= 0.3 is 0 Å². The van der Waals surface area contributed by atoms with Crippen molar-refractivity contribution in [3.05, 3.63) is 154 Å². The number of nitrogens with zero attached hydrogens (tertiary/aromatic N) is 13. The topological polar surface area (TPSA) is 336 Å². The van der Waals surface area contributed by atoms with Crippen LogP contribution < -0.4 is 20.9 Å². The molecule has 0 saturated heterocycles. The number of nitro groups is 2. The van der Waals surface area contributed by atoms with E-state index in [0.717, 1.165) is 57.0 Å². The van der Waals surface area contributed by atoms with Crippen molar-refractivity contribution < 1.29 is 56.7 Å². The van der Waals surface area contributed by atoms with E-state index < -0.39 is 32.7 Å². The molecule has 0 atom stereocenters. The van der Waals surface area contributed by atoms with Crippen molar-refractivity contribution in [2.45, 2.75) is 46.2 Å². The number of fused-ring (bicyclic) bond motifs is 1.